The monoisotopic (exact) mass is 334 g/mol. The molecule has 1 heterocycles. The number of likely N-dealkylation sites (N-methyl/N-ethyl adjacent to an activating group) is 1. The molecule has 1 unspecified atom stereocenters. The Bertz CT molecular complexity index is 490. The minimum absolute atomic E-state index is 0.256. The molecule has 5 nitrogen and oxygen atoms in total. The van der Waals surface area contributed by atoms with Crippen molar-refractivity contribution in [3.05, 3.63) is 29.8 Å². The lowest BCUT2D eigenvalue weighted by atomic mass is 10.1. The van der Waals surface area contributed by atoms with Crippen molar-refractivity contribution in [2.75, 3.05) is 40.5 Å². The summed E-state index contributed by atoms with van der Waals surface area (Å²) in [6.45, 7) is 3.09. The van der Waals surface area contributed by atoms with E-state index < -0.39 is 0 Å². The van der Waals surface area contributed by atoms with E-state index in [2.05, 4.69) is 17.4 Å². The fourth-order valence-electron chi connectivity index (χ4n) is 3.14. The van der Waals surface area contributed by atoms with E-state index in [4.69, 9.17) is 9.47 Å². The van der Waals surface area contributed by atoms with E-state index in [1.165, 1.54) is 5.56 Å². The van der Waals surface area contributed by atoms with E-state index >= 15 is 0 Å². The normalized spacial score (nSPS) is 17.2. The van der Waals surface area contributed by atoms with Gasteiger partial charge in [-0.05, 0) is 50.4 Å². The third-order valence-corrected chi connectivity index (χ3v) is 4.46. The van der Waals surface area contributed by atoms with Crippen LogP contribution in [0.4, 0.5) is 0 Å². The molecule has 0 spiro atoms. The predicted octanol–water partition coefficient (Wildman–Crippen LogP) is 2.24. The van der Waals surface area contributed by atoms with Crippen LogP contribution in [0, 0.1) is 0 Å². The van der Waals surface area contributed by atoms with Crippen molar-refractivity contribution in [3.8, 4) is 5.75 Å². The maximum atomic E-state index is 12.3. The van der Waals surface area contributed by atoms with Crippen molar-refractivity contribution >= 4 is 5.91 Å². The van der Waals surface area contributed by atoms with Crippen molar-refractivity contribution in [1.82, 2.24) is 10.2 Å². The molecule has 0 bridgehead atoms. The largest absolute Gasteiger partial charge is 0.494 e. The minimum atomic E-state index is 0.256. The highest BCUT2D eigenvalue weighted by molar-refractivity contribution is 5.76. The Kier molecular flexibility index (Phi) is 8.05. The molecule has 1 aliphatic rings. The molecule has 0 radical (unpaired) electrons. The van der Waals surface area contributed by atoms with Gasteiger partial charge in [-0.1, -0.05) is 12.1 Å². The van der Waals surface area contributed by atoms with Crippen LogP contribution in [-0.2, 0) is 16.0 Å². The van der Waals surface area contributed by atoms with Gasteiger partial charge in [0.2, 0.25) is 5.91 Å². The number of ether oxygens (including phenoxy) is 2. The van der Waals surface area contributed by atoms with Gasteiger partial charge >= 0.3 is 0 Å². The molecule has 134 valence electrons. The molecule has 1 amide bonds. The third-order valence-electron chi connectivity index (χ3n) is 4.46. The number of rotatable bonds is 10. The second-order valence-electron chi connectivity index (χ2n) is 6.28. The third kappa shape index (κ3) is 5.80. The quantitative estimate of drug-likeness (QED) is 0.667. The number of likely N-dealkylation sites (tertiary alicyclic amines) is 1. The van der Waals surface area contributed by atoms with Gasteiger partial charge in [-0.3, -0.25) is 4.79 Å². The standard InChI is InChI=1S/C19H30N2O3/c1-20-15-17-5-3-12-21(17)19(22)6-4-13-24-18-9-7-16(8-10-18)11-14-23-2/h7-10,17,20H,3-6,11-15H2,1-2H3. The smallest absolute Gasteiger partial charge is 0.222 e. The van der Waals surface area contributed by atoms with Crippen LogP contribution in [0.2, 0.25) is 0 Å². The molecule has 5 heteroatoms. The first-order valence-corrected chi connectivity index (χ1v) is 8.89. The zero-order valence-corrected chi connectivity index (χ0v) is 14.9. The van der Waals surface area contributed by atoms with Gasteiger partial charge in [-0.25, -0.2) is 0 Å². The van der Waals surface area contributed by atoms with Gasteiger partial charge in [-0.15, -0.1) is 0 Å². The maximum absolute atomic E-state index is 12.3. The van der Waals surface area contributed by atoms with E-state index in [-0.39, 0.29) is 5.91 Å². The Hall–Kier alpha value is -1.59. The van der Waals surface area contributed by atoms with E-state index in [9.17, 15) is 4.79 Å². The first-order valence-electron chi connectivity index (χ1n) is 8.89. The summed E-state index contributed by atoms with van der Waals surface area (Å²) in [5.74, 6) is 1.11. The zero-order chi connectivity index (χ0) is 17.2. The van der Waals surface area contributed by atoms with Gasteiger partial charge in [0.25, 0.3) is 0 Å². The average molecular weight is 334 g/mol. The molecule has 0 aliphatic carbocycles. The number of carbonyl (C=O) groups excluding carboxylic acids is 1. The van der Waals surface area contributed by atoms with Crippen molar-refractivity contribution < 1.29 is 14.3 Å². The van der Waals surface area contributed by atoms with Crippen molar-refractivity contribution in [3.63, 3.8) is 0 Å². The number of benzene rings is 1. The molecule has 1 saturated heterocycles. The molecular formula is C19H30N2O3. The molecular weight excluding hydrogens is 304 g/mol. The highest BCUT2D eigenvalue weighted by Gasteiger charge is 2.27. The summed E-state index contributed by atoms with van der Waals surface area (Å²) in [6.07, 6.45) is 4.45. The van der Waals surface area contributed by atoms with Gasteiger partial charge in [0.05, 0.1) is 13.2 Å². The molecule has 1 aliphatic heterocycles. The molecule has 1 N–H and O–H groups in total. The second kappa shape index (κ2) is 10.3. The predicted molar refractivity (Wildman–Crippen MR) is 95.4 cm³/mol. The van der Waals surface area contributed by atoms with Gasteiger partial charge in [0, 0.05) is 32.7 Å². The lowest BCUT2D eigenvalue weighted by molar-refractivity contribution is -0.132. The Morgan fingerprint density at radius 2 is 2.08 bits per heavy atom. The zero-order valence-electron chi connectivity index (χ0n) is 14.9. The van der Waals surface area contributed by atoms with Crippen LogP contribution >= 0.6 is 0 Å². The summed E-state index contributed by atoms with van der Waals surface area (Å²) in [6, 6.07) is 8.45. The average Bonchev–Trinajstić information content (AvgIpc) is 3.06. The molecule has 1 aromatic rings. The summed E-state index contributed by atoms with van der Waals surface area (Å²) >= 11 is 0. The molecule has 1 atom stereocenters. The summed E-state index contributed by atoms with van der Waals surface area (Å²) in [5, 5.41) is 3.17. The topological polar surface area (TPSA) is 50.8 Å². The summed E-state index contributed by atoms with van der Waals surface area (Å²) in [5.41, 5.74) is 1.24. The number of nitrogens with zero attached hydrogens (tertiary/aromatic N) is 1. The van der Waals surface area contributed by atoms with E-state index in [1.807, 2.05) is 24.1 Å². The lowest BCUT2D eigenvalue weighted by Crippen LogP contribution is -2.40. The summed E-state index contributed by atoms with van der Waals surface area (Å²) in [7, 11) is 3.65. The van der Waals surface area contributed by atoms with E-state index in [0.29, 0.717) is 19.1 Å². The number of methoxy groups -OCH3 is 1. The van der Waals surface area contributed by atoms with Crippen LogP contribution in [0.5, 0.6) is 5.75 Å². The summed E-state index contributed by atoms with van der Waals surface area (Å²) in [4.78, 5) is 14.3. The molecule has 1 aromatic carbocycles. The number of amides is 1. The highest BCUT2D eigenvalue weighted by atomic mass is 16.5. The van der Waals surface area contributed by atoms with Crippen molar-refractivity contribution in [1.29, 1.82) is 0 Å². The number of hydrogen-bond donors (Lipinski definition) is 1. The second-order valence-corrected chi connectivity index (χ2v) is 6.28. The fourth-order valence-corrected chi connectivity index (χ4v) is 3.14. The fraction of sp³-hybridized carbons (Fsp3) is 0.632. The molecule has 1 fully saturated rings. The van der Waals surface area contributed by atoms with Gasteiger partial charge < -0.3 is 19.7 Å². The van der Waals surface area contributed by atoms with Crippen LogP contribution in [-0.4, -0.2) is 57.3 Å². The van der Waals surface area contributed by atoms with Gasteiger partial charge in [0.1, 0.15) is 5.75 Å². The van der Waals surface area contributed by atoms with E-state index in [1.54, 1.807) is 7.11 Å². The summed E-state index contributed by atoms with van der Waals surface area (Å²) < 4.78 is 10.8. The molecule has 2 rings (SSSR count). The minimum Gasteiger partial charge on any atom is -0.494 e. The van der Waals surface area contributed by atoms with Crippen LogP contribution in [0.15, 0.2) is 24.3 Å². The Labute approximate surface area is 145 Å². The van der Waals surface area contributed by atoms with Crippen molar-refractivity contribution in [2.45, 2.75) is 38.1 Å². The van der Waals surface area contributed by atoms with Crippen LogP contribution in [0.25, 0.3) is 0 Å². The van der Waals surface area contributed by atoms with Crippen LogP contribution in [0.3, 0.4) is 0 Å². The van der Waals surface area contributed by atoms with Crippen molar-refractivity contribution in [2.24, 2.45) is 0 Å². The van der Waals surface area contributed by atoms with Crippen LogP contribution < -0.4 is 10.1 Å². The van der Waals surface area contributed by atoms with E-state index in [0.717, 1.165) is 51.1 Å². The highest BCUT2D eigenvalue weighted by Crippen LogP contribution is 2.18. The molecule has 0 saturated carbocycles. The number of carbonyl (C=O) groups is 1. The van der Waals surface area contributed by atoms with Gasteiger partial charge in [-0.2, -0.15) is 0 Å². The molecule has 0 aromatic heterocycles. The Balaban J connectivity index is 1.66. The first kappa shape index (κ1) is 18.7. The number of nitrogens with one attached hydrogen (secondary N) is 1. The first-order chi connectivity index (χ1) is 11.7. The molecule has 24 heavy (non-hydrogen) atoms. The SMILES string of the molecule is CNCC1CCCN1C(=O)CCCOc1ccc(CCOC)cc1. The Morgan fingerprint density at radius 1 is 1.29 bits per heavy atom. The lowest BCUT2D eigenvalue weighted by Gasteiger charge is -2.24. The van der Waals surface area contributed by atoms with Crippen LogP contribution in [0.1, 0.15) is 31.2 Å². The van der Waals surface area contributed by atoms with Gasteiger partial charge in [0.15, 0.2) is 0 Å². The number of hydrogen-bond acceptors (Lipinski definition) is 4. The Morgan fingerprint density at radius 3 is 2.79 bits per heavy atom. The maximum Gasteiger partial charge on any atom is 0.222 e.